The predicted octanol–water partition coefficient (Wildman–Crippen LogP) is 4.61. The topological polar surface area (TPSA) is 95.5 Å². The van der Waals surface area contributed by atoms with E-state index in [1.165, 1.54) is 24.8 Å². The number of methoxy groups -OCH3 is 1. The Bertz CT molecular complexity index is 1360. The van der Waals surface area contributed by atoms with Gasteiger partial charge >= 0.3 is 0 Å². The molecule has 3 aromatic rings. The molecule has 1 saturated carbocycles. The van der Waals surface area contributed by atoms with E-state index in [-0.39, 0.29) is 24.5 Å². The average Bonchev–Trinajstić information content (AvgIpc) is 3.05. The molecule has 1 saturated heterocycles. The molecule has 0 unspecified atom stereocenters. The number of amides is 2. The van der Waals surface area contributed by atoms with E-state index in [4.69, 9.17) is 9.47 Å². The molecule has 0 radical (unpaired) electrons. The van der Waals surface area contributed by atoms with Gasteiger partial charge in [0, 0.05) is 44.3 Å². The number of benzene rings is 3. The van der Waals surface area contributed by atoms with Crippen LogP contribution in [0.1, 0.15) is 53.6 Å². The first-order valence-corrected chi connectivity index (χ1v) is 15.1. The van der Waals surface area contributed by atoms with Crippen LogP contribution in [0.3, 0.4) is 0 Å². The first kappa shape index (κ1) is 30.1. The third kappa shape index (κ3) is 8.81. The molecule has 1 aliphatic carbocycles. The van der Waals surface area contributed by atoms with E-state index >= 15 is 0 Å². The van der Waals surface area contributed by atoms with Gasteiger partial charge in [-0.2, -0.15) is 5.10 Å². The minimum Gasteiger partial charge on any atom is -0.495 e. The van der Waals surface area contributed by atoms with Crippen LogP contribution in [-0.4, -0.2) is 68.9 Å². The van der Waals surface area contributed by atoms with Crippen molar-refractivity contribution in [3.8, 4) is 11.5 Å². The van der Waals surface area contributed by atoms with E-state index in [9.17, 15) is 9.59 Å². The van der Waals surface area contributed by atoms with Crippen LogP contribution in [-0.2, 0) is 11.3 Å². The summed E-state index contributed by atoms with van der Waals surface area (Å²) in [5.41, 5.74) is 6.26. The highest BCUT2D eigenvalue weighted by Crippen LogP contribution is 2.28. The number of rotatable bonds is 11. The number of para-hydroxylation sites is 2. The summed E-state index contributed by atoms with van der Waals surface area (Å²) in [6, 6.07) is 23.3. The predicted molar refractivity (Wildman–Crippen MR) is 169 cm³/mol. The summed E-state index contributed by atoms with van der Waals surface area (Å²) in [5, 5.41) is 7.15. The van der Waals surface area contributed by atoms with Crippen LogP contribution in [0.5, 0.6) is 11.5 Å². The molecule has 2 fully saturated rings. The van der Waals surface area contributed by atoms with Gasteiger partial charge in [0.2, 0.25) is 0 Å². The molecule has 2 amide bonds. The van der Waals surface area contributed by atoms with Crippen molar-refractivity contribution in [3.63, 3.8) is 0 Å². The zero-order chi connectivity index (χ0) is 29.9. The van der Waals surface area contributed by atoms with Crippen molar-refractivity contribution in [1.29, 1.82) is 0 Å². The smallest absolute Gasteiger partial charge is 0.271 e. The maximum Gasteiger partial charge on any atom is 0.271 e. The molecule has 1 aliphatic heterocycles. The third-order valence-electron chi connectivity index (χ3n) is 8.02. The second kappa shape index (κ2) is 15.2. The molecule has 5 rings (SSSR count). The molecule has 2 aliphatic rings. The second-order valence-electron chi connectivity index (χ2n) is 11.1. The molecule has 1 heterocycles. The quantitative estimate of drug-likeness (QED) is 0.253. The Balaban J connectivity index is 1.02. The fraction of sp³-hybridized carbons (Fsp3) is 0.382. The molecule has 3 aromatic carbocycles. The van der Waals surface area contributed by atoms with E-state index in [0.29, 0.717) is 11.3 Å². The number of carbonyl (C=O) groups is 2. The van der Waals surface area contributed by atoms with Gasteiger partial charge in [-0.05, 0) is 72.5 Å². The molecule has 0 aromatic heterocycles. The van der Waals surface area contributed by atoms with Crippen molar-refractivity contribution in [2.45, 2.75) is 44.7 Å². The van der Waals surface area contributed by atoms with E-state index in [1.807, 2.05) is 54.6 Å². The lowest BCUT2D eigenvalue weighted by Gasteiger charge is -2.36. The molecule has 9 heteroatoms. The van der Waals surface area contributed by atoms with E-state index in [0.717, 1.165) is 62.6 Å². The summed E-state index contributed by atoms with van der Waals surface area (Å²) >= 11 is 0. The average molecular weight is 584 g/mol. The van der Waals surface area contributed by atoms with Gasteiger partial charge in [-0.1, -0.05) is 43.5 Å². The number of hydrogen-bond acceptors (Lipinski definition) is 7. The molecule has 9 nitrogen and oxygen atoms in total. The van der Waals surface area contributed by atoms with Gasteiger partial charge in [-0.3, -0.25) is 14.5 Å². The Morgan fingerprint density at radius 1 is 0.907 bits per heavy atom. The zero-order valence-corrected chi connectivity index (χ0v) is 24.8. The van der Waals surface area contributed by atoms with Crippen molar-refractivity contribution < 1.29 is 19.1 Å². The number of hydrogen-bond donors (Lipinski definition) is 2. The molecule has 0 atom stereocenters. The number of carbonyl (C=O) groups excluding carboxylic acids is 2. The van der Waals surface area contributed by atoms with E-state index in [2.05, 4.69) is 31.7 Å². The largest absolute Gasteiger partial charge is 0.495 e. The molecular formula is C34H41N5O4. The lowest BCUT2D eigenvalue weighted by atomic mass is 9.95. The van der Waals surface area contributed by atoms with Gasteiger partial charge in [0.15, 0.2) is 6.61 Å². The normalized spacial score (nSPS) is 16.2. The number of hydrazone groups is 1. The van der Waals surface area contributed by atoms with Crippen LogP contribution in [0.2, 0.25) is 0 Å². The maximum absolute atomic E-state index is 12.6. The van der Waals surface area contributed by atoms with Gasteiger partial charge in [-0.15, -0.1) is 0 Å². The highest BCUT2D eigenvalue weighted by atomic mass is 16.5. The lowest BCUT2D eigenvalue weighted by Crippen LogP contribution is -2.46. The van der Waals surface area contributed by atoms with Crippen LogP contribution in [0.15, 0.2) is 77.9 Å². The molecule has 226 valence electrons. The summed E-state index contributed by atoms with van der Waals surface area (Å²) in [5.74, 6) is 1.16. The summed E-state index contributed by atoms with van der Waals surface area (Å²) in [6.07, 6.45) is 7.27. The van der Waals surface area contributed by atoms with Gasteiger partial charge in [-0.25, -0.2) is 5.43 Å². The fourth-order valence-corrected chi connectivity index (χ4v) is 5.60. The highest BCUT2D eigenvalue weighted by molar-refractivity contribution is 5.94. The number of piperazine rings is 1. The first-order chi connectivity index (χ1) is 21.1. The maximum atomic E-state index is 12.6. The number of nitrogens with zero attached hydrogens (tertiary/aromatic N) is 3. The Kier molecular flexibility index (Phi) is 10.6. The Morgan fingerprint density at radius 3 is 2.35 bits per heavy atom. The molecule has 0 spiro atoms. The minimum atomic E-state index is -0.267. The van der Waals surface area contributed by atoms with E-state index in [1.54, 1.807) is 25.5 Å². The van der Waals surface area contributed by atoms with Gasteiger partial charge < -0.3 is 19.7 Å². The van der Waals surface area contributed by atoms with Crippen molar-refractivity contribution in [1.82, 2.24) is 15.6 Å². The third-order valence-corrected chi connectivity index (χ3v) is 8.02. The van der Waals surface area contributed by atoms with Crippen LogP contribution in [0.25, 0.3) is 0 Å². The Hall–Kier alpha value is -4.37. The summed E-state index contributed by atoms with van der Waals surface area (Å²) in [7, 11) is 1.71. The van der Waals surface area contributed by atoms with Crippen molar-refractivity contribution in [3.05, 3.63) is 89.5 Å². The summed E-state index contributed by atoms with van der Waals surface area (Å²) < 4.78 is 11.1. The zero-order valence-electron chi connectivity index (χ0n) is 24.8. The standard InChI is InChI=1S/C34H41N5O4/c1-42-32-10-6-5-9-31(32)39-21-19-38(20-22-39)24-27-11-15-28(16-12-27)34(41)37-35-23-26-13-17-30(18-14-26)43-25-33(40)36-29-7-3-2-4-8-29/h5-6,9-18,23,29H,2-4,7-8,19-22,24-25H2,1H3,(H,36,40)(H,37,41)/b35-23-. The van der Waals surface area contributed by atoms with Gasteiger partial charge in [0.25, 0.3) is 11.8 Å². The first-order valence-electron chi connectivity index (χ1n) is 15.1. The van der Waals surface area contributed by atoms with Crippen molar-refractivity contribution in [2.24, 2.45) is 5.10 Å². The summed E-state index contributed by atoms with van der Waals surface area (Å²) in [6.45, 7) is 4.62. The van der Waals surface area contributed by atoms with Gasteiger partial charge in [0.1, 0.15) is 11.5 Å². The van der Waals surface area contributed by atoms with Crippen LogP contribution < -0.4 is 25.1 Å². The lowest BCUT2D eigenvalue weighted by molar-refractivity contribution is -0.124. The molecule has 0 bridgehead atoms. The SMILES string of the molecule is COc1ccccc1N1CCN(Cc2ccc(C(=O)N/N=C\c3ccc(OCC(=O)NC4CCCCC4)cc3)cc2)CC1. The van der Waals surface area contributed by atoms with Crippen LogP contribution in [0, 0.1) is 0 Å². The van der Waals surface area contributed by atoms with Crippen molar-refractivity contribution >= 4 is 23.7 Å². The Labute approximate surface area is 253 Å². The van der Waals surface area contributed by atoms with Crippen molar-refractivity contribution in [2.75, 3.05) is 44.8 Å². The Morgan fingerprint density at radius 2 is 1.63 bits per heavy atom. The second-order valence-corrected chi connectivity index (χ2v) is 11.1. The highest BCUT2D eigenvalue weighted by Gasteiger charge is 2.20. The number of ether oxygens (including phenoxy) is 2. The number of anilines is 1. The molecule has 2 N–H and O–H groups in total. The minimum absolute atomic E-state index is 0.000673. The fourth-order valence-electron chi connectivity index (χ4n) is 5.60. The monoisotopic (exact) mass is 583 g/mol. The van der Waals surface area contributed by atoms with Crippen LogP contribution in [0.4, 0.5) is 5.69 Å². The van der Waals surface area contributed by atoms with Gasteiger partial charge in [0.05, 0.1) is 19.0 Å². The van der Waals surface area contributed by atoms with E-state index < -0.39 is 0 Å². The molecule has 43 heavy (non-hydrogen) atoms. The number of nitrogens with one attached hydrogen (secondary N) is 2. The molecular weight excluding hydrogens is 542 g/mol. The summed E-state index contributed by atoms with van der Waals surface area (Å²) in [4.78, 5) is 29.5. The van der Waals surface area contributed by atoms with Crippen LogP contribution >= 0.6 is 0 Å².